The van der Waals surface area contributed by atoms with Gasteiger partial charge in [-0.25, -0.2) is 0 Å². The molecule has 3 nitrogen and oxygen atoms in total. The molecule has 0 bridgehead atoms. The molecule has 0 amide bonds. The standard InChI is InChI=1S/C47H30O3/c1-47(2)35-21-9-7-18-31(35)44-45(47)34(26-40-46(44)50-38-24-12-11-23-37(38)49-40)42-29-16-5-3-14-27(29)41(28-15-4-6-17-30(28)42)33-20-13-25-39-43(33)32-19-8-10-22-36(32)48-39/h3-26H,1-2H3. The predicted octanol–water partition coefficient (Wildman–Crippen LogP) is 13.4. The van der Waals surface area contributed by atoms with Crippen molar-refractivity contribution in [2.45, 2.75) is 19.3 Å². The Morgan fingerprint density at radius 2 is 0.960 bits per heavy atom. The third-order valence-electron chi connectivity index (χ3n) is 10.9. The second-order valence-corrected chi connectivity index (χ2v) is 13.9. The molecule has 1 aliphatic heterocycles. The van der Waals surface area contributed by atoms with Crippen molar-refractivity contribution in [3.05, 3.63) is 157 Å². The van der Waals surface area contributed by atoms with Crippen LogP contribution < -0.4 is 9.47 Å². The third-order valence-corrected chi connectivity index (χ3v) is 10.9. The molecule has 1 aromatic heterocycles. The number of furan rings is 1. The smallest absolute Gasteiger partial charge is 0.178 e. The fraction of sp³-hybridized carbons (Fsp3) is 0.0638. The van der Waals surface area contributed by atoms with Gasteiger partial charge in [0.15, 0.2) is 23.0 Å². The van der Waals surface area contributed by atoms with Crippen molar-refractivity contribution in [3.8, 4) is 56.4 Å². The van der Waals surface area contributed by atoms with Gasteiger partial charge in [0.2, 0.25) is 0 Å². The molecule has 9 aromatic rings. The second kappa shape index (κ2) is 9.87. The highest BCUT2D eigenvalue weighted by Gasteiger charge is 2.42. The van der Waals surface area contributed by atoms with Crippen molar-refractivity contribution < 1.29 is 13.9 Å². The Kier molecular flexibility index (Phi) is 5.45. The van der Waals surface area contributed by atoms with Gasteiger partial charge in [-0.05, 0) is 90.8 Å². The zero-order valence-electron chi connectivity index (χ0n) is 27.6. The SMILES string of the molecule is CC1(C)c2ccccc2-c2c3c(cc(-c4c5ccccc5c(-c5cccc6oc7ccccc7c56)c5ccccc45)c21)Oc1ccccc1O3. The highest BCUT2D eigenvalue weighted by molar-refractivity contribution is 6.26. The minimum atomic E-state index is -0.293. The molecule has 2 aliphatic rings. The zero-order chi connectivity index (χ0) is 33.1. The molecule has 0 N–H and O–H groups in total. The van der Waals surface area contributed by atoms with Crippen LogP contribution >= 0.6 is 0 Å². The summed E-state index contributed by atoms with van der Waals surface area (Å²) in [5.74, 6) is 2.97. The van der Waals surface area contributed by atoms with Crippen LogP contribution in [0.25, 0.3) is 76.9 Å². The van der Waals surface area contributed by atoms with E-state index in [0.717, 1.165) is 56.1 Å². The van der Waals surface area contributed by atoms with Crippen LogP contribution in [0.1, 0.15) is 25.0 Å². The van der Waals surface area contributed by atoms with Crippen LogP contribution in [-0.4, -0.2) is 0 Å². The Morgan fingerprint density at radius 1 is 0.420 bits per heavy atom. The van der Waals surface area contributed by atoms with Crippen LogP contribution in [0.3, 0.4) is 0 Å². The van der Waals surface area contributed by atoms with Gasteiger partial charge in [0.05, 0.1) is 0 Å². The van der Waals surface area contributed by atoms with Gasteiger partial charge in [0.25, 0.3) is 0 Å². The molecule has 3 heteroatoms. The maximum Gasteiger partial charge on any atom is 0.178 e. The Hall–Kier alpha value is -6.32. The zero-order valence-corrected chi connectivity index (χ0v) is 27.6. The van der Waals surface area contributed by atoms with Crippen molar-refractivity contribution in [2.75, 3.05) is 0 Å². The summed E-state index contributed by atoms with van der Waals surface area (Å²) in [6.07, 6.45) is 0. The van der Waals surface area contributed by atoms with Crippen LogP contribution in [0.15, 0.2) is 150 Å². The summed E-state index contributed by atoms with van der Waals surface area (Å²) in [7, 11) is 0. The van der Waals surface area contributed by atoms with Gasteiger partial charge in [0, 0.05) is 21.8 Å². The summed E-state index contributed by atoms with van der Waals surface area (Å²) in [5.41, 5.74) is 11.1. The van der Waals surface area contributed by atoms with E-state index in [1.165, 1.54) is 54.9 Å². The van der Waals surface area contributed by atoms with Crippen LogP contribution in [-0.2, 0) is 5.41 Å². The average Bonchev–Trinajstić information content (AvgIpc) is 3.65. The Balaban J connectivity index is 1.29. The van der Waals surface area contributed by atoms with Crippen molar-refractivity contribution >= 4 is 43.5 Å². The molecule has 0 radical (unpaired) electrons. The van der Waals surface area contributed by atoms with Gasteiger partial charge >= 0.3 is 0 Å². The van der Waals surface area contributed by atoms with Gasteiger partial charge in [0.1, 0.15) is 11.2 Å². The molecule has 0 saturated heterocycles. The fourth-order valence-corrected chi connectivity index (χ4v) is 8.84. The second-order valence-electron chi connectivity index (χ2n) is 13.9. The van der Waals surface area contributed by atoms with Crippen molar-refractivity contribution in [1.29, 1.82) is 0 Å². The monoisotopic (exact) mass is 642 g/mol. The number of hydrogen-bond acceptors (Lipinski definition) is 3. The van der Waals surface area contributed by atoms with E-state index in [9.17, 15) is 0 Å². The van der Waals surface area contributed by atoms with E-state index < -0.39 is 0 Å². The highest BCUT2D eigenvalue weighted by atomic mass is 16.6. The fourth-order valence-electron chi connectivity index (χ4n) is 8.84. The predicted molar refractivity (Wildman–Crippen MR) is 204 cm³/mol. The van der Waals surface area contributed by atoms with E-state index >= 15 is 0 Å². The summed E-state index contributed by atoms with van der Waals surface area (Å²) in [4.78, 5) is 0. The lowest BCUT2D eigenvalue weighted by molar-refractivity contribution is 0.360. The number of rotatable bonds is 2. The molecule has 50 heavy (non-hydrogen) atoms. The molecule has 0 unspecified atom stereocenters. The summed E-state index contributed by atoms with van der Waals surface area (Å²) >= 11 is 0. The first-order chi connectivity index (χ1) is 24.6. The van der Waals surface area contributed by atoms with E-state index in [1.54, 1.807) is 0 Å². The van der Waals surface area contributed by atoms with Gasteiger partial charge in [-0.15, -0.1) is 0 Å². The molecule has 0 spiro atoms. The molecule has 11 rings (SSSR count). The average molecular weight is 643 g/mol. The molecule has 1 aliphatic carbocycles. The van der Waals surface area contributed by atoms with E-state index in [2.05, 4.69) is 129 Å². The molecule has 0 fully saturated rings. The topological polar surface area (TPSA) is 31.6 Å². The van der Waals surface area contributed by atoms with Crippen molar-refractivity contribution in [3.63, 3.8) is 0 Å². The first kappa shape index (κ1) is 27.6. The summed E-state index contributed by atoms with van der Waals surface area (Å²) < 4.78 is 19.8. The molecule has 236 valence electrons. The quantitative estimate of drug-likeness (QED) is 0.176. The Morgan fingerprint density at radius 3 is 1.68 bits per heavy atom. The van der Waals surface area contributed by atoms with Gasteiger partial charge < -0.3 is 13.9 Å². The number of benzene rings is 8. The molecule has 0 atom stereocenters. The van der Waals surface area contributed by atoms with E-state index in [-0.39, 0.29) is 5.41 Å². The lowest BCUT2D eigenvalue weighted by atomic mass is 9.76. The minimum Gasteiger partial charge on any atom is -0.456 e. The van der Waals surface area contributed by atoms with Crippen LogP contribution in [0.2, 0.25) is 0 Å². The number of hydrogen-bond donors (Lipinski definition) is 0. The first-order valence-corrected chi connectivity index (χ1v) is 17.2. The summed E-state index contributed by atoms with van der Waals surface area (Å²) in [6, 6.07) is 51.5. The number of para-hydroxylation sites is 3. The van der Waals surface area contributed by atoms with Crippen molar-refractivity contribution in [1.82, 2.24) is 0 Å². The summed E-state index contributed by atoms with van der Waals surface area (Å²) in [5, 5.41) is 7.04. The summed E-state index contributed by atoms with van der Waals surface area (Å²) in [6.45, 7) is 4.68. The van der Waals surface area contributed by atoms with Crippen LogP contribution in [0, 0.1) is 0 Å². The van der Waals surface area contributed by atoms with Gasteiger partial charge in [-0.3, -0.25) is 0 Å². The van der Waals surface area contributed by atoms with E-state index in [4.69, 9.17) is 13.9 Å². The minimum absolute atomic E-state index is 0.293. The van der Waals surface area contributed by atoms with Crippen LogP contribution in [0.5, 0.6) is 23.0 Å². The molecule has 2 heterocycles. The van der Waals surface area contributed by atoms with Crippen molar-refractivity contribution in [2.24, 2.45) is 0 Å². The van der Waals surface area contributed by atoms with E-state index in [1.807, 2.05) is 30.3 Å². The molecular weight excluding hydrogens is 613 g/mol. The van der Waals surface area contributed by atoms with Gasteiger partial charge in [-0.1, -0.05) is 129 Å². The number of ether oxygens (including phenoxy) is 2. The third kappa shape index (κ3) is 3.59. The van der Waals surface area contributed by atoms with Crippen LogP contribution in [0.4, 0.5) is 0 Å². The molecule has 0 saturated carbocycles. The first-order valence-electron chi connectivity index (χ1n) is 17.2. The largest absolute Gasteiger partial charge is 0.456 e. The lowest BCUT2D eigenvalue weighted by Crippen LogP contribution is -2.17. The van der Waals surface area contributed by atoms with Gasteiger partial charge in [-0.2, -0.15) is 0 Å². The molecular formula is C47H30O3. The highest BCUT2D eigenvalue weighted by Crippen LogP contribution is 2.62. The normalized spacial score (nSPS) is 13.9. The number of fused-ring (bicyclic) bond motifs is 11. The Bertz CT molecular complexity index is 2850. The maximum absolute atomic E-state index is 6.75. The van der Waals surface area contributed by atoms with E-state index in [0.29, 0.717) is 0 Å². The Labute approximate surface area is 288 Å². The maximum atomic E-state index is 6.75. The lowest BCUT2D eigenvalue weighted by Gasteiger charge is -2.29. The molecule has 8 aromatic carbocycles.